The van der Waals surface area contributed by atoms with Gasteiger partial charge >= 0.3 is 6.18 Å². The number of primary amides is 1. The molecular formula is C22H33F3N4O2. The van der Waals surface area contributed by atoms with Gasteiger partial charge in [-0.1, -0.05) is 6.07 Å². The van der Waals surface area contributed by atoms with Crippen LogP contribution in [0.3, 0.4) is 0 Å². The highest BCUT2D eigenvalue weighted by atomic mass is 19.4. The minimum atomic E-state index is -4.51. The summed E-state index contributed by atoms with van der Waals surface area (Å²) in [5.74, 6) is -0.935. The number of rotatable bonds is 10. The molecule has 0 aromatic carbocycles. The van der Waals surface area contributed by atoms with Gasteiger partial charge in [0, 0.05) is 62.9 Å². The molecule has 0 spiro atoms. The average molecular weight is 443 g/mol. The van der Waals surface area contributed by atoms with Crippen molar-refractivity contribution in [2.24, 2.45) is 5.73 Å². The molecule has 1 aromatic heterocycles. The zero-order valence-electron chi connectivity index (χ0n) is 18.2. The lowest BCUT2D eigenvalue weighted by Gasteiger charge is -2.54. The maximum absolute atomic E-state index is 13.2. The molecule has 1 saturated heterocycles. The first-order valence-electron chi connectivity index (χ1n) is 11.1. The molecule has 1 aromatic rings. The summed E-state index contributed by atoms with van der Waals surface area (Å²) >= 11 is 0. The van der Waals surface area contributed by atoms with Crippen molar-refractivity contribution >= 4 is 5.91 Å². The van der Waals surface area contributed by atoms with Crippen molar-refractivity contribution in [2.75, 3.05) is 45.9 Å². The Bertz CT molecular complexity index is 732. The first-order chi connectivity index (χ1) is 14.7. The monoisotopic (exact) mass is 442 g/mol. The average Bonchev–Trinajstić information content (AvgIpc) is 2.70. The van der Waals surface area contributed by atoms with E-state index in [0.717, 1.165) is 64.7 Å². The van der Waals surface area contributed by atoms with Gasteiger partial charge in [-0.25, -0.2) is 4.98 Å². The van der Waals surface area contributed by atoms with Gasteiger partial charge in [-0.15, -0.1) is 0 Å². The maximum atomic E-state index is 13.2. The van der Waals surface area contributed by atoms with E-state index in [4.69, 9.17) is 10.5 Å². The Morgan fingerprint density at radius 1 is 1.26 bits per heavy atom. The van der Waals surface area contributed by atoms with Gasteiger partial charge in [-0.3, -0.25) is 14.6 Å². The molecule has 9 heteroatoms. The summed E-state index contributed by atoms with van der Waals surface area (Å²) in [5.41, 5.74) is 4.75. The Morgan fingerprint density at radius 3 is 2.52 bits per heavy atom. The number of ether oxygens (including phenoxy) is 1. The molecule has 174 valence electrons. The standard InChI is InChI=1S/C22H33F3N4O2/c1-2-31-14-13-28-9-11-29(12-10-28)21(7-4-8-21)16-17(15-20(26)30)18-5-3-6-19(27-18)22(23,24)25/h3,5-6,17H,2,4,7-16H2,1H3,(H2,26,30). The SMILES string of the molecule is CCOCCN1CCN(C2(CC(CC(N)=O)c3cccc(C(F)(F)F)n3)CCC2)CC1. The highest BCUT2D eigenvalue weighted by Crippen LogP contribution is 2.46. The summed E-state index contributed by atoms with van der Waals surface area (Å²) in [6.45, 7) is 8.04. The Labute approximate surface area is 181 Å². The van der Waals surface area contributed by atoms with Gasteiger partial charge in [-0.2, -0.15) is 13.2 Å². The van der Waals surface area contributed by atoms with Crippen LogP contribution in [-0.2, 0) is 15.7 Å². The molecule has 1 saturated carbocycles. The zero-order valence-corrected chi connectivity index (χ0v) is 18.2. The van der Waals surface area contributed by atoms with Crippen molar-refractivity contribution in [3.63, 3.8) is 0 Å². The minimum absolute atomic E-state index is 0.00435. The van der Waals surface area contributed by atoms with E-state index in [9.17, 15) is 18.0 Å². The second kappa shape index (κ2) is 10.3. The predicted octanol–water partition coefficient (Wildman–Crippen LogP) is 3.03. The number of alkyl halides is 3. The molecule has 2 heterocycles. The number of halogens is 3. The Kier molecular flexibility index (Phi) is 7.93. The molecule has 6 nitrogen and oxygen atoms in total. The second-order valence-corrected chi connectivity index (χ2v) is 8.62. The van der Waals surface area contributed by atoms with E-state index < -0.39 is 23.7 Å². The van der Waals surface area contributed by atoms with Crippen molar-refractivity contribution in [1.29, 1.82) is 0 Å². The van der Waals surface area contributed by atoms with E-state index in [0.29, 0.717) is 18.7 Å². The van der Waals surface area contributed by atoms with Crippen LogP contribution in [0.25, 0.3) is 0 Å². The molecular weight excluding hydrogens is 409 g/mol. The Balaban J connectivity index is 1.71. The first-order valence-corrected chi connectivity index (χ1v) is 11.1. The lowest BCUT2D eigenvalue weighted by atomic mass is 9.68. The molecule has 2 fully saturated rings. The van der Waals surface area contributed by atoms with E-state index >= 15 is 0 Å². The number of amides is 1. The van der Waals surface area contributed by atoms with Crippen LogP contribution in [0.5, 0.6) is 0 Å². The van der Waals surface area contributed by atoms with Gasteiger partial charge in [0.05, 0.1) is 6.61 Å². The molecule has 2 N–H and O–H groups in total. The number of hydrogen-bond acceptors (Lipinski definition) is 5. The van der Waals surface area contributed by atoms with Crippen LogP contribution >= 0.6 is 0 Å². The van der Waals surface area contributed by atoms with Gasteiger partial charge in [0.2, 0.25) is 5.91 Å². The van der Waals surface area contributed by atoms with Crippen LogP contribution in [-0.4, -0.2) is 72.2 Å². The van der Waals surface area contributed by atoms with Crippen molar-refractivity contribution < 1.29 is 22.7 Å². The number of nitrogens with zero attached hydrogens (tertiary/aromatic N) is 3. The van der Waals surface area contributed by atoms with Crippen LogP contribution in [0.2, 0.25) is 0 Å². The van der Waals surface area contributed by atoms with Gasteiger partial charge in [0.1, 0.15) is 5.69 Å². The van der Waals surface area contributed by atoms with Crippen molar-refractivity contribution in [1.82, 2.24) is 14.8 Å². The molecule has 1 aliphatic carbocycles. The van der Waals surface area contributed by atoms with Gasteiger partial charge < -0.3 is 10.5 Å². The summed E-state index contributed by atoms with van der Waals surface area (Å²) in [5, 5.41) is 0. The third-order valence-corrected chi connectivity index (χ3v) is 6.64. The molecule has 2 aliphatic rings. The van der Waals surface area contributed by atoms with Crippen molar-refractivity contribution in [2.45, 2.75) is 56.7 Å². The minimum Gasteiger partial charge on any atom is -0.380 e. The van der Waals surface area contributed by atoms with Gasteiger partial charge in [0.15, 0.2) is 0 Å². The first kappa shape index (κ1) is 23.9. The summed E-state index contributed by atoms with van der Waals surface area (Å²) in [6.07, 6.45) is -0.850. The van der Waals surface area contributed by atoms with E-state index in [-0.39, 0.29) is 12.0 Å². The normalized spacial score (nSPS) is 20.9. The number of nitrogens with two attached hydrogens (primary N) is 1. The maximum Gasteiger partial charge on any atom is 0.433 e. The topological polar surface area (TPSA) is 71.7 Å². The summed E-state index contributed by atoms with van der Waals surface area (Å²) < 4.78 is 45.0. The number of carbonyl (C=O) groups is 1. The highest BCUT2D eigenvalue weighted by Gasteiger charge is 2.45. The second-order valence-electron chi connectivity index (χ2n) is 8.62. The van der Waals surface area contributed by atoms with Gasteiger partial charge in [-0.05, 0) is 44.7 Å². The molecule has 1 unspecified atom stereocenters. The van der Waals surface area contributed by atoms with Crippen LogP contribution < -0.4 is 5.73 Å². The molecule has 1 atom stereocenters. The smallest absolute Gasteiger partial charge is 0.380 e. The van der Waals surface area contributed by atoms with Crippen molar-refractivity contribution in [3.8, 4) is 0 Å². The van der Waals surface area contributed by atoms with E-state index in [2.05, 4.69) is 14.8 Å². The van der Waals surface area contributed by atoms with E-state index in [1.165, 1.54) is 6.07 Å². The van der Waals surface area contributed by atoms with E-state index in [1.807, 2.05) is 6.92 Å². The lowest BCUT2D eigenvalue weighted by Crippen LogP contribution is -2.60. The lowest BCUT2D eigenvalue weighted by molar-refractivity contribution is -0.141. The number of carbonyl (C=O) groups excluding carboxylic acids is 1. The van der Waals surface area contributed by atoms with Crippen LogP contribution in [0.15, 0.2) is 18.2 Å². The number of aromatic nitrogens is 1. The number of piperazine rings is 1. The zero-order chi connectivity index (χ0) is 22.5. The van der Waals surface area contributed by atoms with Gasteiger partial charge in [0.25, 0.3) is 0 Å². The fourth-order valence-electron chi connectivity index (χ4n) is 4.84. The highest BCUT2D eigenvalue weighted by molar-refractivity contribution is 5.74. The fourth-order valence-corrected chi connectivity index (χ4v) is 4.84. The number of pyridine rings is 1. The van der Waals surface area contributed by atoms with Crippen LogP contribution in [0.1, 0.15) is 56.3 Å². The summed E-state index contributed by atoms with van der Waals surface area (Å²) in [6, 6.07) is 3.91. The Hall–Kier alpha value is -1.71. The molecule has 0 bridgehead atoms. The van der Waals surface area contributed by atoms with E-state index in [1.54, 1.807) is 6.07 Å². The third kappa shape index (κ3) is 6.17. The number of hydrogen-bond donors (Lipinski definition) is 1. The van der Waals surface area contributed by atoms with Crippen LogP contribution in [0.4, 0.5) is 13.2 Å². The molecule has 1 aliphatic heterocycles. The summed E-state index contributed by atoms with van der Waals surface area (Å²) in [7, 11) is 0. The molecule has 3 rings (SSSR count). The molecule has 0 radical (unpaired) electrons. The predicted molar refractivity (Wildman–Crippen MR) is 111 cm³/mol. The van der Waals surface area contributed by atoms with Crippen molar-refractivity contribution in [3.05, 3.63) is 29.6 Å². The van der Waals surface area contributed by atoms with Crippen LogP contribution in [0, 0.1) is 0 Å². The Morgan fingerprint density at radius 2 is 1.97 bits per heavy atom. The molecule has 31 heavy (non-hydrogen) atoms. The third-order valence-electron chi connectivity index (χ3n) is 6.64. The quantitative estimate of drug-likeness (QED) is 0.564. The largest absolute Gasteiger partial charge is 0.433 e. The molecule has 1 amide bonds. The summed E-state index contributed by atoms with van der Waals surface area (Å²) in [4.78, 5) is 20.5. The fraction of sp³-hybridized carbons (Fsp3) is 0.727.